The number of hydrogen-bond donors (Lipinski definition) is 1. The third-order valence-electron chi connectivity index (χ3n) is 8.79. The van der Waals surface area contributed by atoms with Crippen molar-refractivity contribution in [3.8, 4) is 44.9 Å². The van der Waals surface area contributed by atoms with E-state index in [0.717, 1.165) is 61.5 Å². The molecule has 0 aliphatic carbocycles. The van der Waals surface area contributed by atoms with Crippen LogP contribution in [0.15, 0.2) is 164 Å². The van der Waals surface area contributed by atoms with Gasteiger partial charge in [0.25, 0.3) is 0 Å². The molecular weight excluding hydrogens is 1290 g/mol. The molecule has 3 aromatic heterocycles. The molecular formula is C52H45FIr3N3O2-3. The minimum absolute atomic E-state index is 0. The van der Waals surface area contributed by atoms with Crippen LogP contribution in [0.1, 0.15) is 36.1 Å². The van der Waals surface area contributed by atoms with Crippen LogP contribution in [0.25, 0.3) is 55.8 Å². The summed E-state index contributed by atoms with van der Waals surface area (Å²) in [7, 11) is 0. The summed E-state index contributed by atoms with van der Waals surface area (Å²) < 4.78 is 13.0. The topological polar surface area (TPSA) is 76.0 Å². The number of hydrogen-bond acceptors (Lipinski definition) is 5. The zero-order valence-corrected chi connectivity index (χ0v) is 41.8. The minimum atomic E-state index is -0.224. The largest absolute Gasteiger partial charge is 0.512 e. The van der Waals surface area contributed by atoms with Gasteiger partial charge in [0.2, 0.25) is 0 Å². The second-order valence-electron chi connectivity index (χ2n) is 13.6. The van der Waals surface area contributed by atoms with Crippen molar-refractivity contribution < 1.29 is 74.6 Å². The van der Waals surface area contributed by atoms with Gasteiger partial charge in [0.15, 0.2) is 5.78 Å². The van der Waals surface area contributed by atoms with E-state index in [0.29, 0.717) is 0 Å². The molecule has 9 heteroatoms. The van der Waals surface area contributed by atoms with Gasteiger partial charge in [-0.3, -0.25) is 9.78 Å². The van der Waals surface area contributed by atoms with Gasteiger partial charge in [-0.25, -0.2) is 4.39 Å². The van der Waals surface area contributed by atoms with E-state index in [1.807, 2.05) is 91.1 Å². The van der Waals surface area contributed by atoms with Gasteiger partial charge in [0.05, 0.1) is 11.3 Å². The smallest absolute Gasteiger partial charge is 0.155 e. The second kappa shape index (κ2) is 26.3. The van der Waals surface area contributed by atoms with Gasteiger partial charge in [0.1, 0.15) is 5.82 Å². The number of aryl methyl sites for hydroxylation is 3. The Hall–Kier alpha value is -5.10. The van der Waals surface area contributed by atoms with Crippen LogP contribution in [0, 0.1) is 51.7 Å². The van der Waals surface area contributed by atoms with E-state index in [-0.39, 0.29) is 77.7 Å². The molecule has 5 aromatic carbocycles. The van der Waals surface area contributed by atoms with E-state index in [9.17, 15) is 9.18 Å². The third-order valence-corrected chi connectivity index (χ3v) is 8.79. The van der Waals surface area contributed by atoms with E-state index in [1.165, 1.54) is 48.6 Å². The molecule has 0 fully saturated rings. The van der Waals surface area contributed by atoms with Crippen molar-refractivity contribution >= 4 is 16.7 Å². The summed E-state index contributed by atoms with van der Waals surface area (Å²) in [6, 6.07) is 54.5. The number of fused-ring (bicyclic) bond motifs is 1. The summed E-state index contributed by atoms with van der Waals surface area (Å²) in [4.78, 5) is 23.4. The van der Waals surface area contributed by atoms with Crippen molar-refractivity contribution in [3.05, 3.63) is 210 Å². The maximum absolute atomic E-state index is 13.0. The molecule has 8 rings (SSSR count). The van der Waals surface area contributed by atoms with Crippen molar-refractivity contribution in [1.29, 1.82) is 0 Å². The van der Waals surface area contributed by atoms with Gasteiger partial charge >= 0.3 is 0 Å². The third kappa shape index (κ3) is 16.4. The fourth-order valence-electron chi connectivity index (χ4n) is 5.95. The number of carbonyl (C=O) groups is 1. The Balaban J connectivity index is 0.000000293. The predicted octanol–water partition coefficient (Wildman–Crippen LogP) is 12.9. The fourth-order valence-corrected chi connectivity index (χ4v) is 5.95. The number of allylic oxidation sites excluding steroid dienone is 2. The van der Waals surface area contributed by atoms with Crippen molar-refractivity contribution in [2.24, 2.45) is 0 Å². The number of halogens is 1. The average Bonchev–Trinajstić information content (AvgIpc) is 3.22. The van der Waals surface area contributed by atoms with Crippen LogP contribution in [0.5, 0.6) is 0 Å². The second-order valence-corrected chi connectivity index (χ2v) is 13.6. The molecule has 0 aliphatic heterocycles. The molecule has 3 heterocycles. The van der Waals surface area contributed by atoms with Gasteiger partial charge in [-0.15, -0.1) is 106 Å². The maximum Gasteiger partial charge on any atom is 0.155 e. The Labute approximate surface area is 399 Å². The van der Waals surface area contributed by atoms with Crippen LogP contribution in [0.2, 0.25) is 0 Å². The molecule has 1 N–H and O–H groups in total. The predicted molar refractivity (Wildman–Crippen MR) is 234 cm³/mol. The molecule has 3 radical (unpaired) electrons. The maximum atomic E-state index is 13.0. The molecule has 0 atom stereocenters. The quantitative estimate of drug-likeness (QED) is 0.106. The molecule has 8 aromatic rings. The first kappa shape index (κ1) is 52.0. The molecule has 0 unspecified atom stereocenters. The molecule has 0 spiro atoms. The number of aliphatic hydroxyl groups is 1. The van der Waals surface area contributed by atoms with Crippen LogP contribution >= 0.6 is 0 Å². The minimum Gasteiger partial charge on any atom is -0.512 e. The molecule has 317 valence electrons. The number of ketones is 1. The monoisotopic (exact) mass is 1340 g/mol. The van der Waals surface area contributed by atoms with Crippen molar-refractivity contribution in [2.75, 3.05) is 0 Å². The first-order valence-corrected chi connectivity index (χ1v) is 18.8. The Morgan fingerprint density at radius 2 is 1.34 bits per heavy atom. The van der Waals surface area contributed by atoms with Crippen LogP contribution in [0.4, 0.5) is 4.39 Å². The molecule has 0 saturated heterocycles. The van der Waals surface area contributed by atoms with Gasteiger partial charge in [0, 0.05) is 78.8 Å². The van der Waals surface area contributed by atoms with E-state index in [4.69, 9.17) is 10.1 Å². The van der Waals surface area contributed by atoms with E-state index >= 15 is 0 Å². The molecule has 0 aliphatic rings. The van der Waals surface area contributed by atoms with Crippen LogP contribution < -0.4 is 0 Å². The number of aromatic nitrogens is 3. The number of para-hydroxylation sites is 1. The van der Waals surface area contributed by atoms with Crippen molar-refractivity contribution in [2.45, 2.75) is 41.5 Å². The normalized spacial score (nSPS) is 10.0. The van der Waals surface area contributed by atoms with Gasteiger partial charge in [-0.2, -0.15) is 0 Å². The summed E-state index contributed by atoms with van der Waals surface area (Å²) in [6.45, 7) is 11.2. The molecule has 5 nitrogen and oxygen atoms in total. The van der Waals surface area contributed by atoms with Crippen LogP contribution in [-0.2, 0) is 65.1 Å². The number of rotatable bonds is 5. The number of pyridine rings is 3. The Bertz CT molecular complexity index is 2560. The molecule has 0 saturated carbocycles. The summed E-state index contributed by atoms with van der Waals surface area (Å²) in [5, 5.41) is 9.53. The number of benzene rings is 5. The van der Waals surface area contributed by atoms with Crippen molar-refractivity contribution in [1.82, 2.24) is 15.0 Å². The Morgan fingerprint density at radius 3 is 1.98 bits per heavy atom. The van der Waals surface area contributed by atoms with Crippen LogP contribution in [0.3, 0.4) is 0 Å². The van der Waals surface area contributed by atoms with Crippen molar-refractivity contribution in [3.63, 3.8) is 0 Å². The number of nitrogens with zero attached hydrogens (tertiary/aromatic N) is 3. The number of aliphatic hydroxyl groups excluding tert-OH is 1. The van der Waals surface area contributed by atoms with E-state index < -0.39 is 0 Å². The van der Waals surface area contributed by atoms with Gasteiger partial charge in [-0.1, -0.05) is 79.6 Å². The average molecular weight is 1340 g/mol. The standard InChI is InChI=1S/C19H15FN.C17H14N.C11H8N.C5H8O2.3Ir/c1-13-10-11-21-19(14(13)2)17-5-3-4-16(12-17)15-6-8-18(20)9-7-15;1-12-9-13(2)11-15(10-12)17-8-7-14-5-3-4-6-16(14)18-17;1-2-6-10(7-3-1)11-8-4-5-9-12-11;1-4(6)3-5(2)7;;;/h3-4,6-12H,1-2H3;3-10H,1-2H3;1-6,8-9H;3,6H,1-2H3;;;/q3*-1;;;;. The van der Waals surface area contributed by atoms with Crippen LogP contribution in [-0.4, -0.2) is 25.8 Å². The summed E-state index contributed by atoms with van der Waals surface area (Å²) in [5.41, 5.74) is 13.8. The summed E-state index contributed by atoms with van der Waals surface area (Å²) in [6.07, 6.45) is 4.77. The zero-order chi connectivity index (χ0) is 41.4. The molecule has 0 bridgehead atoms. The fraction of sp³-hybridized carbons (Fsp3) is 0.115. The Kier molecular flexibility index (Phi) is 22.4. The number of carbonyl (C=O) groups excluding carboxylic acids is 1. The first-order valence-electron chi connectivity index (χ1n) is 18.8. The van der Waals surface area contributed by atoms with Gasteiger partial charge in [-0.05, 0) is 86.1 Å². The SMILES string of the molecule is CC(=O)C=C(C)O.Cc1[c-]c(-c2ccc3ccccc3n2)cc(C)c1.Cc1ccnc(-c2[c-]ccc(-c3ccc(F)cc3)c2)c1C.[Ir].[Ir].[Ir].[c-]1ccccc1-c1ccccn1. The summed E-state index contributed by atoms with van der Waals surface area (Å²) in [5.74, 6) is -0.287. The Morgan fingerprint density at radius 1 is 0.639 bits per heavy atom. The summed E-state index contributed by atoms with van der Waals surface area (Å²) >= 11 is 0. The molecule has 61 heavy (non-hydrogen) atoms. The first-order chi connectivity index (χ1) is 28.0. The van der Waals surface area contributed by atoms with Gasteiger partial charge < -0.3 is 15.1 Å². The molecule has 0 amide bonds. The van der Waals surface area contributed by atoms with E-state index in [2.05, 4.69) is 86.2 Å². The van der Waals surface area contributed by atoms with E-state index in [1.54, 1.807) is 18.3 Å². The zero-order valence-electron chi connectivity index (χ0n) is 34.6.